The van der Waals surface area contributed by atoms with Crippen LogP contribution in [0.2, 0.25) is 0 Å². The van der Waals surface area contributed by atoms with E-state index < -0.39 is 0 Å². The van der Waals surface area contributed by atoms with Crippen LogP contribution in [0.4, 0.5) is 0 Å². The molecule has 1 atom stereocenters. The molecule has 0 spiro atoms. The molecule has 7 heteroatoms. The average Bonchev–Trinajstić information content (AvgIpc) is 3.45. The normalized spacial score (nSPS) is 16.6. The molecule has 1 aliphatic heterocycles. The number of nitrogens with zero attached hydrogens (tertiary/aromatic N) is 5. The largest absolute Gasteiger partial charge is 0.420 e. The van der Waals surface area contributed by atoms with Crippen LogP contribution in [0, 0.1) is 12.8 Å². The van der Waals surface area contributed by atoms with Crippen molar-refractivity contribution in [3.8, 4) is 17.3 Å². The van der Waals surface area contributed by atoms with E-state index in [0.29, 0.717) is 35.0 Å². The van der Waals surface area contributed by atoms with Crippen molar-refractivity contribution in [2.75, 3.05) is 6.54 Å². The van der Waals surface area contributed by atoms with E-state index in [0.717, 1.165) is 43.6 Å². The summed E-state index contributed by atoms with van der Waals surface area (Å²) in [4.78, 5) is 15.0. The zero-order valence-corrected chi connectivity index (χ0v) is 18.1. The molecule has 1 unspecified atom stereocenters. The molecule has 3 heterocycles. The average molecular weight is 408 g/mol. The first kappa shape index (κ1) is 20.3. The minimum absolute atomic E-state index is 0.0884. The molecule has 0 bridgehead atoms. The van der Waals surface area contributed by atoms with Gasteiger partial charge in [0.1, 0.15) is 5.69 Å². The van der Waals surface area contributed by atoms with E-state index >= 15 is 0 Å². The summed E-state index contributed by atoms with van der Waals surface area (Å²) in [5, 5.41) is 12.8. The molecule has 1 saturated heterocycles. The Kier molecular flexibility index (Phi) is 5.70. The lowest BCUT2D eigenvalue weighted by molar-refractivity contribution is 0.0747. The topological polar surface area (TPSA) is 77.1 Å². The first-order chi connectivity index (χ1) is 14.4. The number of aryl methyl sites for hydroxylation is 2. The van der Waals surface area contributed by atoms with E-state index in [9.17, 15) is 4.79 Å². The second-order valence-corrected chi connectivity index (χ2v) is 8.53. The molecule has 0 aliphatic carbocycles. The van der Waals surface area contributed by atoms with Gasteiger partial charge in [-0.15, -0.1) is 10.2 Å². The van der Waals surface area contributed by atoms with Gasteiger partial charge in [0.25, 0.3) is 11.8 Å². The lowest BCUT2D eigenvalue weighted by Gasteiger charge is -2.21. The summed E-state index contributed by atoms with van der Waals surface area (Å²) in [5.74, 6) is 1.59. The molecule has 1 aliphatic rings. The number of aromatic nitrogens is 4. The lowest BCUT2D eigenvalue weighted by Crippen LogP contribution is -2.33. The van der Waals surface area contributed by atoms with Crippen LogP contribution in [0.3, 0.4) is 0 Å². The summed E-state index contributed by atoms with van der Waals surface area (Å²) in [6.45, 7) is 9.12. The third-order valence-electron chi connectivity index (χ3n) is 5.66. The van der Waals surface area contributed by atoms with Crippen molar-refractivity contribution in [1.29, 1.82) is 0 Å². The molecule has 2 aromatic heterocycles. The lowest BCUT2D eigenvalue weighted by atomic mass is 10.1. The number of hydrogen-bond acceptors (Lipinski definition) is 5. The van der Waals surface area contributed by atoms with Gasteiger partial charge in [0, 0.05) is 30.8 Å². The number of carbonyl (C=O) groups excluding carboxylic acids is 1. The van der Waals surface area contributed by atoms with Gasteiger partial charge in [0.05, 0.1) is 5.69 Å². The minimum Gasteiger partial charge on any atom is -0.420 e. The van der Waals surface area contributed by atoms with Gasteiger partial charge >= 0.3 is 0 Å². The molecule has 0 N–H and O–H groups in total. The number of amides is 1. The highest BCUT2D eigenvalue weighted by molar-refractivity contribution is 5.95. The maximum Gasteiger partial charge on any atom is 0.268 e. The van der Waals surface area contributed by atoms with E-state index in [2.05, 4.69) is 31.0 Å². The molecular formula is C23H29N5O2. The summed E-state index contributed by atoms with van der Waals surface area (Å²) in [6, 6.07) is 10.0. The predicted octanol–water partition coefficient (Wildman–Crippen LogP) is 4.44. The summed E-state index contributed by atoms with van der Waals surface area (Å²) in [7, 11) is 0. The molecule has 0 saturated carbocycles. The van der Waals surface area contributed by atoms with Crippen LogP contribution in [-0.4, -0.2) is 43.4 Å². The third-order valence-corrected chi connectivity index (χ3v) is 5.66. The van der Waals surface area contributed by atoms with Gasteiger partial charge in [-0.2, -0.15) is 5.10 Å². The molecular weight excluding hydrogens is 378 g/mol. The molecule has 7 nitrogen and oxygen atoms in total. The zero-order chi connectivity index (χ0) is 21.3. The second kappa shape index (κ2) is 8.42. The molecule has 1 fully saturated rings. The fourth-order valence-corrected chi connectivity index (χ4v) is 3.93. The Bertz CT molecular complexity index is 1040. The van der Waals surface area contributed by atoms with E-state index in [1.165, 1.54) is 0 Å². The van der Waals surface area contributed by atoms with E-state index in [4.69, 9.17) is 9.52 Å². The monoisotopic (exact) mass is 407 g/mol. The van der Waals surface area contributed by atoms with Crippen molar-refractivity contribution in [1.82, 2.24) is 24.9 Å². The number of benzene rings is 1. The highest BCUT2D eigenvalue weighted by Gasteiger charge is 2.26. The maximum atomic E-state index is 13.0. The van der Waals surface area contributed by atoms with Crippen LogP contribution < -0.4 is 0 Å². The number of rotatable bonds is 6. The van der Waals surface area contributed by atoms with Crippen molar-refractivity contribution in [3.63, 3.8) is 0 Å². The molecule has 1 aromatic carbocycles. The summed E-state index contributed by atoms with van der Waals surface area (Å²) in [5.41, 5.74) is 3.28. The summed E-state index contributed by atoms with van der Waals surface area (Å²) < 4.78 is 7.49. The van der Waals surface area contributed by atoms with Gasteiger partial charge in [-0.3, -0.25) is 4.79 Å². The fourth-order valence-electron chi connectivity index (χ4n) is 3.93. The minimum atomic E-state index is 0.0884. The van der Waals surface area contributed by atoms with Crippen molar-refractivity contribution in [3.05, 3.63) is 47.5 Å². The highest BCUT2D eigenvalue weighted by atomic mass is 16.4. The molecule has 30 heavy (non-hydrogen) atoms. The van der Waals surface area contributed by atoms with E-state index in [1.807, 2.05) is 39.9 Å². The Hall–Kier alpha value is -2.96. The first-order valence-corrected chi connectivity index (χ1v) is 10.7. The number of carbonyl (C=O) groups is 1. The number of likely N-dealkylation sites (tertiary alicyclic amines) is 1. The Morgan fingerprint density at radius 2 is 2.10 bits per heavy atom. The van der Waals surface area contributed by atoms with Gasteiger partial charge in [-0.05, 0) is 62.8 Å². The van der Waals surface area contributed by atoms with Crippen LogP contribution in [0.15, 0.2) is 34.7 Å². The van der Waals surface area contributed by atoms with Crippen molar-refractivity contribution < 1.29 is 9.21 Å². The van der Waals surface area contributed by atoms with Crippen LogP contribution in [0.5, 0.6) is 0 Å². The summed E-state index contributed by atoms with van der Waals surface area (Å²) >= 11 is 0. The van der Waals surface area contributed by atoms with E-state index in [-0.39, 0.29) is 5.91 Å². The Labute approximate surface area is 177 Å². The first-order valence-electron chi connectivity index (χ1n) is 10.7. The second-order valence-electron chi connectivity index (χ2n) is 8.53. The van der Waals surface area contributed by atoms with Crippen molar-refractivity contribution in [2.24, 2.45) is 5.92 Å². The third kappa shape index (κ3) is 4.15. The van der Waals surface area contributed by atoms with Gasteiger partial charge in [-0.25, -0.2) is 4.68 Å². The smallest absolute Gasteiger partial charge is 0.268 e. The maximum absolute atomic E-state index is 13.0. The van der Waals surface area contributed by atoms with Crippen LogP contribution in [0.1, 0.15) is 62.0 Å². The van der Waals surface area contributed by atoms with Crippen LogP contribution >= 0.6 is 0 Å². The zero-order valence-electron chi connectivity index (χ0n) is 18.1. The highest BCUT2D eigenvalue weighted by Crippen LogP contribution is 2.25. The van der Waals surface area contributed by atoms with Crippen LogP contribution in [-0.2, 0) is 6.42 Å². The molecule has 4 rings (SSSR count). The Morgan fingerprint density at radius 3 is 2.77 bits per heavy atom. The van der Waals surface area contributed by atoms with Gasteiger partial charge in [0.2, 0.25) is 5.89 Å². The summed E-state index contributed by atoms with van der Waals surface area (Å²) in [6.07, 6.45) is 4.05. The number of hydrogen-bond donors (Lipinski definition) is 0. The van der Waals surface area contributed by atoms with Crippen LogP contribution in [0.25, 0.3) is 17.3 Å². The van der Waals surface area contributed by atoms with Crippen molar-refractivity contribution in [2.45, 2.75) is 59.4 Å². The quantitative estimate of drug-likeness (QED) is 0.603. The van der Waals surface area contributed by atoms with Crippen molar-refractivity contribution >= 4 is 5.91 Å². The molecule has 3 aromatic rings. The van der Waals surface area contributed by atoms with Gasteiger partial charge < -0.3 is 9.32 Å². The molecule has 158 valence electrons. The molecule has 0 radical (unpaired) electrons. The van der Waals surface area contributed by atoms with Gasteiger partial charge in [-0.1, -0.05) is 19.9 Å². The van der Waals surface area contributed by atoms with Gasteiger partial charge in [0.15, 0.2) is 0 Å². The predicted molar refractivity (Wildman–Crippen MR) is 114 cm³/mol. The molecule has 1 amide bonds. The standard InChI is InChI=1S/C23H29N5O2/c1-15(2)10-11-20-14-21(22-25-24-17(4)30-22)26-28(20)19-9-5-8-18(13-19)23(29)27-12-6-7-16(27)3/h5,8-9,13-16H,6-7,10-12H2,1-4H3. The Balaban J connectivity index is 1.69. The Morgan fingerprint density at radius 1 is 1.27 bits per heavy atom. The van der Waals surface area contributed by atoms with E-state index in [1.54, 1.807) is 6.92 Å². The SMILES string of the molecule is Cc1nnc(-c2cc(CCC(C)C)n(-c3cccc(C(=O)N4CCCC4C)c3)n2)o1. The fraction of sp³-hybridized carbons (Fsp3) is 0.478.